The first-order chi connectivity index (χ1) is 13.4. The van der Waals surface area contributed by atoms with Gasteiger partial charge in [0.25, 0.3) is 0 Å². The number of hydrogen-bond acceptors (Lipinski definition) is 0. The molecule has 0 aromatic carbocycles. The molecular weight excluding hydrogens is 336 g/mol. The van der Waals surface area contributed by atoms with Crippen molar-refractivity contribution in [1.82, 2.24) is 0 Å². The van der Waals surface area contributed by atoms with E-state index in [-0.39, 0.29) is 0 Å². The Balaban J connectivity index is 0.000000404. The lowest BCUT2D eigenvalue weighted by atomic mass is 9.25. The second kappa shape index (κ2) is 5.82. The number of fused-ring (bicyclic) bond motifs is 18. The van der Waals surface area contributed by atoms with Gasteiger partial charge in [0.2, 0.25) is 0 Å². The van der Waals surface area contributed by atoms with Crippen molar-refractivity contribution in [2.45, 2.75) is 107 Å². The lowest BCUT2D eigenvalue weighted by Crippen LogP contribution is -2.75. The molecule has 0 amide bonds. The van der Waals surface area contributed by atoms with Gasteiger partial charge in [0.1, 0.15) is 0 Å². The molecule has 0 heteroatoms. The summed E-state index contributed by atoms with van der Waals surface area (Å²) in [5.74, 6) is 8.89. The molecule has 0 spiro atoms. The van der Waals surface area contributed by atoms with Crippen molar-refractivity contribution in [3.05, 3.63) is 0 Å². The van der Waals surface area contributed by atoms with Crippen LogP contribution in [0.4, 0.5) is 0 Å². The summed E-state index contributed by atoms with van der Waals surface area (Å²) in [6.45, 7) is 19.2. The maximum Gasteiger partial charge on any atom is -0.0204 e. The summed E-state index contributed by atoms with van der Waals surface area (Å²) in [5.41, 5.74) is 2.93. The molecule has 7 saturated carbocycles. The SMILES string of the molecule is CC.CC.CC12C3CCCC3C1(C)C1CC2C2C1C1(C)C3CCCC(C3)C21C. The average Bonchev–Trinajstić information content (AvgIpc) is 3.43. The summed E-state index contributed by atoms with van der Waals surface area (Å²) in [7, 11) is 0. The molecular formula is C28H48. The van der Waals surface area contributed by atoms with Gasteiger partial charge in [-0.2, -0.15) is 0 Å². The Hall–Kier alpha value is 0. The van der Waals surface area contributed by atoms with Gasteiger partial charge in [-0.1, -0.05) is 68.2 Å². The quantitative estimate of drug-likeness (QED) is 0.369. The Morgan fingerprint density at radius 1 is 0.464 bits per heavy atom. The highest BCUT2D eigenvalue weighted by atomic mass is 14.9. The first kappa shape index (κ1) is 19.9. The minimum absolute atomic E-state index is 0.728. The molecule has 0 nitrogen and oxygen atoms in total. The minimum Gasteiger partial charge on any atom is -0.0683 e. The van der Waals surface area contributed by atoms with E-state index in [1.165, 1.54) is 0 Å². The molecule has 0 saturated heterocycles. The Kier molecular flexibility index (Phi) is 4.14. The Morgan fingerprint density at radius 2 is 0.857 bits per heavy atom. The van der Waals surface area contributed by atoms with Crippen LogP contribution >= 0.6 is 0 Å². The van der Waals surface area contributed by atoms with Crippen molar-refractivity contribution in [3.63, 3.8) is 0 Å². The van der Waals surface area contributed by atoms with Crippen LogP contribution < -0.4 is 0 Å². The van der Waals surface area contributed by atoms with Gasteiger partial charge in [-0.25, -0.2) is 0 Å². The van der Waals surface area contributed by atoms with E-state index in [0.29, 0.717) is 0 Å². The topological polar surface area (TPSA) is 0 Å². The molecule has 7 aliphatic rings. The van der Waals surface area contributed by atoms with E-state index in [4.69, 9.17) is 0 Å². The smallest absolute Gasteiger partial charge is 0.0204 e. The Morgan fingerprint density at radius 3 is 1.29 bits per heavy atom. The highest BCUT2D eigenvalue weighted by Gasteiger charge is 2.90. The van der Waals surface area contributed by atoms with Crippen LogP contribution in [0.25, 0.3) is 0 Å². The van der Waals surface area contributed by atoms with E-state index < -0.39 is 0 Å². The van der Waals surface area contributed by atoms with Gasteiger partial charge in [-0.3, -0.25) is 0 Å². The molecule has 160 valence electrons. The van der Waals surface area contributed by atoms with Crippen molar-refractivity contribution in [3.8, 4) is 0 Å². The zero-order valence-corrected chi connectivity index (χ0v) is 20.3. The van der Waals surface area contributed by atoms with Gasteiger partial charge in [-0.15, -0.1) is 0 Å². The van der Waals surface area contributed by atoms with Crippen LogP contribution in [-0.2, 0) is 0 Å². The first-order valence-electron chi connectivity index (χ1n) is 13.4. The molecule has 0 aromatic heterocycles. The Labute approximate surface area is 176 Å². The van der Waals surface area contributed by atoms with Gasteiger partial charge < -0.3 is 0 Å². The summed E-state index contributed by atoms with van der Waals surface area (Å²) in [5, 5.41) is 0. The third-order valence-corrected chi connectivity index (χ3v) is 13.4. The van der Waals surface area contributed by atoms with Crippen LogP contribution in [0.1, 0.15) is 107 Å². The lowest BCUT2D eigenvalue weighted by Gasteiger charge is -2.79. The fraction of sp³-hybridized carbons (Fsp3) is 1.00. The number of hydrogen-bond donors (Lipinski definition) is 0. The third-order valence-electron chi connectivity index (χ3n) is 13.4. The predicted octanol–water partition coefficient (Wildman–Crippen LogP) is 8.21. The standard InChI is InChI=1S/C24H36.2C2H6/c1-21-13-7-5-8-14(11-13)22(21,2)20-18-12-17(19(20)21)23(3)15-9-6-10-16(15)24(18,23)4;2*1-2/h13-20H,5-12H2,1-4H3;2*1-2H3. The van der Waals surface area contributed by atoms with Crippen molar-refractivity contribution in [2.24, 2.45) is 69.0 Å². The largest absolute Gasteiger partial charge is 0.0683 e. The van der Waals surface area contributed by atoms with Crippen LogP contribution in [0.15, 0.2) is 0 Å². The minimum atomic E-state index is 0.728. The van der Waals surface area contributed by atoms with Gasteiger partial charge in [-0.05, 0) is 108 Å². The van der Waals surface area contributed by atoms with E-state index >= 15 is 0 Å². The molecule has 12 unspecified atom stereocenters. The van der Waals surface area contributed by atoms with Crippen LogP contribution in [-0.4, -0.2) is 0 Å². The van der Waals surface area contributed by atoms with Crippen molar-refractivity contribution >= 4 is 0 Å². The summed E-state index contributed by atoms with van der Waals surface area (Å²) >= 11 is 0. The summed E-state index contributed by atoms with van der Waals surface area (Å²) < 4.78 is 0. The maximum atomic E-state index is 2.80. The zero-order chi connectivity index (χ0) is 20.3. The van der Waals surface area contributed by atoms with Gasteiger partial charge >= 0.3 is 0 Å². The second-order valence-corrected chi connectivity index (χ2v) is 12.3. The normalized spacial score (nSPS) is 66.0. The van der Waals surface area contributed by atoms with Crippen molar-refractivity contribution in [1.29, 1.82) is 0 Å². The van der Waals surface area contributed by atoms with Crippen LogP contribution in [0, 0.1) is 69.0 Å². The highest BCUT2D eigenvalue weighted by molar-refractivity contribution is 5.37. The van der Waals surface area contributed by atoms with Crippen LogP contribution in [0.5, 0.6) is 0 Å². The zero-order valence-electron chi connectivity index (χ0n) is 20.3. The summed E-state index contributed by atoms with van der Waals surface area (Å²) in [4.78, 5) is 0. The van der Waals surface area contributed by atoms with Gasteiger partial charge in [0.15, 0.2) is 0 Å². The van der Waals surface area contributed by atoms with E-state index in [9.17, 15) is 0 Å². The predicted molar refractivity (Wildman–Crippen MR) is 120 cm³/mol. The van der Waals surface area contributed by atoms with E-state index in [0.717, 1.165) is 69.0 Å². The number of rotatable bonds is 0. The second-order valence-electron chi connectivity index (χ2n) is 12.3. The lowest BCUT2D eigenvalue weighted by molar-refractivity contribution is -0.326. The molecule has 28 heavy (non-hydrogen) atoms. The molecule has 7 fully saturated rings. The molecule has 0 aromatic rings. The van der Waals surface area contributed by atoms with Gasteiger partial charge in [0, 0.05) is 0 Å². The van der Waals surface area contributed by atoms with Crippen molar-refractivity contribution in [2.75, 3.05) is 0 Å². The molecule has 12 atom stereocenters. The third kappa shape index (κ3) is 1.56. The van der Waals surface area contributed by atoms with E-state index in [1.54, 1.807) is 51.4 Å². The molecule has 7 aliphatic carbocycles. The summed E-state index contributed by atoms with van der Waals surface area (Å²) in [6, 6.07) is 0. The fourth-order valence-corrected chi connectivity index (χ4v) is 12.7. The van der Waals surface area contributed by atoms with Crippen LogP contribution in [0.2, 0.25) is 0 Å². The average molecular weight is 385 g/mol. The molecule has 0 heterocycles. The molecule has 0 aliphatic heterocycles. The Bertz CT molecular complexity index is 598. The molecule has 7 rings (SSSR count). The first-order valence-corrected chi connectivity index (χ1v) is 13.4. The molecule has 4 bridgehead atoms. The van der Waals surface area contributed by atoms with Crippen molar-refractivity contribution < 1.29 is 0 Å². The van der Waals surface area contributed by atoms with Crippen LogP contribution in [0.3, 0.4) is 0 Å². The summed E-state index contributed by atoms with van der Waals surface area (Å²) in [6.07, 6.45) is 12.7. The fourth-order valence-electron chi connectivity index (χ4n) is 12.7. The maximum absolute atomic E-state index is 2.80. The monoisotopic (exact) mass is 384 g/mol. The van der Waals surface area contributed by atoms with Gasteiger partial charge in [0.05, 0.1) is 0 Å². The van der Waals surface area contributed by atoms with E-state index in [1.807, 2.05) is 27.7 Å². The molecule has 0 N–H and O–H groups in total. The molecule has 0 radical (unpaired) electrons. The van der Waals surface area contributed by atoms with E-state index in [2.05, 4.69) is 27.7 Å². The highest BCUT2D eigenvalue weighted by Crippen LogP contribution is 2.95.